The number of pyridine rings is 1. The van der Waals surface area contributed by atoms with E-state index >= 15 is 0 Å². The molecule has 6 heteroatoms. The molecule has 0 amide bonds. The number of anilines is 1. The van der Waals surface area contributed by atoms with Gasteiger partial charge in [-0.25, -0.2) is 4.98 Å². The molecule has 106 valence electrons. The maximum absolute atomic E-state index is 10.7. The summed E-state index contributed by atoms with van der Waals surface area (Å²) in [7, 11) is 0. The van der Waals surface area contributed by atoms with Crippen molar-refractivity contribution in [2.24, 2.45) is 5.92 Å². The van der Waals surface area contributed by atoms with E-state index in [1.54, 1.807) is 24.3 Å². The molecule has 0 saturated carbocycles. The van der Waals surface area contributed by atoms with E-state index < -0.39 is 4.92 Å². The lowest BCUT2D eigenvalue weighted by Gasteiger charge is -2.12. The molecule has 2 aromatic heterocycles. The monoisotopic (exact) mass is 291 g/mol. The second-order valence-electron chi connectivity index (χ2n) is 4.88. The molecule has 0 radical (unpaired) electrons. The Morgan fingerprint density at radius 3 is 2.95 bits per heavy atom. The molecule has 0 aliphatic carbocycles. The van der Waals surface area contributed by atoms with Crippen molar-refractivity contribution in [3.05, 3.63) is 50.3 Å². The molecule has 0 spiro atoms. The maximum atomic E-state index is 10.7. The number of nitrogens with zero attached hydrogens (tertiary/aromatic N) is 2. The van der Waals surface area contributed by atoms with Gasteiger partial charge in [-0.15, -0.1) is 11.3 Å². The number of rotatable bonds is 6. The number of hydrogen-bond donors (Lipinski definition) is 1. The van der Waals surface area contributed by atoms with Gasteiger partial charge in [0.15, 0.2) is 0 Å². The molecule has 5 nitrogen and oxygen atoms in total. The van der Waals surface area contributed by atoms with Crippen molar-refractivity contribution in [1.82, 2.24) is 4.98 Å². The number of nitrogens with one attached hydrogen (secondary N) is 1. The van der Waals surface area contributed by atoms with Gasteiger partial charge in [0.2, 0.25) is 0 Å². The Morgan fingerprint density at radius 2 is 2.35 bits per heavy atom. The van der Waals surface area contributed by atoms with Gasteiger partial charge in [0.25, 0.3) is 5.69 Å². The lowest BCUT2D eigenvalue weighted by molar-refractivity contribution is -0.385. The van der Waals surface area contributed by atoms with Crippen LogP contribution in [0.2, 0.25) is 0 Å². The first kappa shape index (κ1) is 14.5. The second kappa shape index (κ2) is 6.47. The SMILES string of the molecule is Cc1cc(NCC(C)Cc2cccs2)ncc1[N+](=O)[O-]. The van der Waals surface area contributed by atoms with Crippen molar-refractivity contribution < 1.29 is 4.92 Å². The van der Waals surface area contributed by atoms with Crippen LogP contribution in [0.25, 0.3) is 0 Å². The summed E-state index contributed by atoms with van der Waals surface area (Å²) in [4.78, 5) is 15.8. The third-order valence-corrected chi connectivity index (χ3v) is 3.94. The van der Waals surface area contributed by atoms with Crippen LogP contribution in [0, 0.1) is 23.0 Å². The first-order chi connectivity index (χ1) is 9.56. The number of aromatic nitrogens is 1. The standard InChI is InChI=1S/C14H17N3O2S/c1-10(6-12-4-3-5-20-12)8-15-14-7-11(2)13(9-16-14)17(18)19/h3-5,7,9-10H,6,8H2,1-2H3,(H,15,16). The highest BCUT2D eigenvalue weighted by Crippen LogP contribution is 2.19. The van der Waals surface area contributed by atoms with Gasteiger partial charge in [-0.05, 0) is 36.8 Å². The summed E-state index contributed by atoms with van der Waals surface area (Å²) in [5.41, 5.74) is 0.681. The molecule has 20 heavy (non-hydrogen) atoms. The average molecular weight is 291 g/mol. The van der Waals surface area contributed by atoms with Gasteiger partial charge in [0.05, 0.1) is 4.92 Å². The van der Waals surface area contributed by atoms with E-state index in [1.807, 2.05) is 0 Å². The fourth-order valence-corrected chi connectivity index (χ4v) is 2.83. The average Bonchev–Trinajstić information content (AvgIpc) is 2.89. The molecule has 2 rings (SSSR count). The summed E-state index contributed by atoms with van der Waals surface area (Å²) in [6.45, 7) is 4.69. The normalized spacial score (nSPS) is 12.1. The van der Waals surface area contributed by atoms with Gasteiger partial charge in [0.1, 0.15) is 12.0 Å². The lowest BCUT2D eigenvalue weighted by atomic mass is 10.1. The van der Waals surface area contributed by atoms with Crippen LogP contribution in [-0.2, 0) is 6.42 Å². The molecule has 0 aliphatic rings. The van der Waals surface area contributed by atoms with Crippen LogP contribution < -0.4 is 5.32 Å². The zero-order valence-corrected chi connectivity index (χ0v) is 12.3. The maximum Gasteiger partial charge on any atom is 0.290 e. The highest BCUT2D eigenvalue weighted by atomic mass is 32.1. The van der Waals surface area contributed by atoms with E-state index in [2.05, 4.69) is 34.7 Å². The van der Waals surface area contributed by atoms with Crippen molar-refractivity contribution in [3.63, 3.8) is 0 Å². The minimum atomic E-state index is -0.411. The molecule has 1 atom stereocenters. The van der Waals surface area contributed by atoms with Crippen molar-refractivity contribution in [1.29, 1.82) is 0 Å². The summed E-state index contributed by atoms with van der Waals surface area (Å²) >= 11 is 1.76. The van der Waals surface area contributed by atoms with Crippen LogP contribution in [-0.4, -0.2) is 16.5 Å². The summed E-state index contributed by atoms with van der Waals surface area (Å²) < 4.78 is 0. The van der Waals surface area contributed by atoms with Gasteiger partial charge in [-0.3, -0.25) is 10.1 Å². The van der Waals surface area contributed by atoms with E-state index in [-0.39, 0.29) is 5.69 Å². The van der Waals surface area contributed by atoms with Crippen molar-refractivity contribution >= 4 is 22.8 Å². The number of thiophene rings is 1. The molecule has 1 N–H and O–H groups in total. The second-order valence-corrected chi connectivity index (χ2v) is 5.91. The van der Waals surface area contributed by atoms with Crippen molar-refractivity contribution in [3.8, 4) is 0 Å². The molecule has 1 unspecified atom stereocenters. The number of aryl methyl sites for hydroxylation is 1. The molecule has 0 fully saturated rings. The molecular formula is C14H17N3O2S. The van der Waals surface area contributed by atoms with Gasteiger partial charge < -0.3 is 5.32 Å². The number of nitro groups is 1. The van der Waals surface area contributed by atoms with Gasteiger partial charge >= 0.3 is 0 Å². The smallest absolute Gasteiger partial charge is 0.290 e. The Morgan fingerprint density at radius 1 is 1.55 bits per heavy atom. The Kier molecular flexibility index (Phi) is 4.68. The van der Waals surface area contributed by atoms with Crippen LogP contribution >= 0.6 is 11.3 Å². The zero-order chi connectivity index (χ0) is 14.5. The van der Waals surface area contributed by atoms with Crippen molar-refractivity contribution in [2.75, 3.05) is 11.9 Å². The molecule has 0 aromatic carbocycles. The van der Waals surface area contributed by atoms with Gasteiger partial charge in [-0.1, -0.05) is 13.0 Å². The highest BCUT2D eigenvalue weighted by Gasteiger charge is 2.12. The molecule has 2 heterocycles. The van der Waals surface area contributed by atoms with Gasteiger partial charge in [0, 0.05) is 17.0 Å². The van der Waals surface area contributed by atoms with Gasteiger partial charge in [-0.2, -0.15) is 0 Å². The van der Waals surface area contributed by atoms with E-state index in [0.29, 0.717) is 17.3 Å². The predicted octanol–water partition coefficient (Wildman–Crippen LogP) is 3.65. The molecule has 0 bridgehead atoms. The first-order valence-electron chi connectivity index (χ1n) is 6.43. The minimum Gasteiger partial charge on any atom is -0.370 e. The van der Waals surface area contributed by atoms with E-state index in [9.17, 15) is 10.1 Å². The van der Waals surface area contributed by atoms with Crippen LogP contribution in [0.1, 0.15) is 17.4 Å². The molecular weight excluding hydrogens is 274 g/mol. The van der Waals surface area contributed by atoms with E-state index in [4.69, 9.17) is 0 Å². The Labute approximate surface area is 121 Å². The summed E-state index contributed by atoms with van der Waals surface area (Å²) in [5.74, 6) is 1.16. The predicted molar refractivity (Wildman–Crippen MR) is 81.3 cm³/mol. The Hall–Kier alpha value is -1.95. The summed E-state index contributed by atoms with van der Waals surface area (Å²) in [6.07, 6.45) is 2.33. The van der Waals surface area contributed by atoms with Crippen LogP contribution in [0.3, 0.4) is 0 Å². The van der Waals surface area contributed by atoms with Crippen LogP contribution in [0.4, 0.5) is 11.5 Å². The largest absolute Gasteiger partial charge is 0.370 e. The summed E-state index contributed by atoms with van der Waals surface area (Å²) in [6, 6.07) is 5.91. The quantitative estimate of drug-likeness (QED) is 0.651. The lowest BCUT2D eigenvalue weighted by Crippen LogP contribution is -2.14. The fraction of sp³-hybridized carbons (Fsp3) is 0.357. The van der Waals surface area contributed by atoms with E-state index in [1.165, 1.54) is 11.1 Å². The third-order valence-electron chi connectivity index (χ3n) is 3.04. The topological polar surface area (TPSA) is 68.1 Å². The zero-order valence-electron chi connectivity index (χ0n) is 11.5. The number of hydrogen-bond acceptors (Lipinski definition) is 5. The first-order valence-corrected chi connectivity index (χ1v) is 7.31. The molecule has 0 saturated heterocycles. The molecule has 2 aromatic rings. The van der Waals surface area contributed by atoms with E-state index in [0.717, 1.165) is 13.0 Å². The Balaban J connectivity index is 1.90. The summed E-state index contributed by atoms with van der Waals surface area (Å²) in [5, 5.41) is 16.0. The van der Waals surface area contributed by atoms with Crippen LogP contribution in [0.5, 0.6) is 0 Å². The fourth-order valence-electron chi connectivity index (χ4n) is 1.96. The third kappa shape index (κ3) is 3.77. The van der Waals surface area contributed by atoms with Crippen LogP contribution in [0.15, 0.2) is 29.8 Å². The highest BCUT2D eigenvalue weighted by molar-refractivity contribution is 7.09. The Bertz CT molecular complexity index is 584. The van der Waals surface area contributed by atoms with Crippen molar-refractivity contribution in [2.45, 2.75) is 20.3 Å². The molecule has 0 aliphatic heterocycles. The minimum absolute atomic E-state index is 0.0576.